The second-order valence-electron chi connectivity index (χ2n) is 29.8. The molecule has 4 aromatic carbocycles. The summed E-state index contributed by atoms with van der Waals surface area (Å²) < 4.78 is 23.8. The minimum absolute atomic E-state index is 0.0939. The maximum atomic E-state index is 14.3. The number of likely N-dealkylation sites (N-methyl/N-ethyl adjacent to an activating group) is 1. The number of carbonyl (C=O) groups is 7. The van der Waals surface area contributed by atoms with Crippen LogP contribution >= 0.6 is 11.8 Å². The Morgan fingerprint density at radius 1 is 0.612 bits per heavy atom. The molecular formula is C81H106N10O11S. The monoisotopic (exact) mass is 1430 g/mol. The summed E-state index contributed by atoms with van der Waals surface area (Å²) in [6.07, 6.45) is 27.9. The van der Waals surface area contributed by atoms with Crippen LogP contribution in [-0.2, 0) is 24.0 Å². The number of amides is 7. The fourth-order valence-electron chi connectivity index (χ4n) is 15.2. The Labute approximate surface area is 612 Å². The van der Waals surface area contributed by atoms with E-state index in [4.69, 9.17) is 28.9 Å². The first-order chi connectivity index (χ1) is 49.7. The summed E-state index contributed by atoms with van der Waals surface area (Å²) in [5, 5.41) is 8.17. The topological polar surface area (TPSA) is 233 Å². The summed E-state index contributed by atoms with van der Waals surface area (Å²) in [4.78, 5) is 115. The number of nitrogens with one attached hydrogen (secondary N) is 3. The molecule has 0 aromatic heterocycles. The molecule has 21 nitrogen and oxygen atoms in total. The molecule has 4 aromatic rings. The maximum Gasteiger partial charge on any atom is 0.260 e. The second kappa shape index (κ2) is 35.3. The van der Waals surface area contributed by atoms with Crippen molar-refractivity contribution in [3.8, 4) is 23.0 Å². The van der Waals surface area contributed by atoms with Crippen molar-refractivity contribution in [3.05, 3.63) is 107 Å². The number of piperazine rings is 1. The first-order valence-electron chi connectivity index (χ1n) is 37.6. The molecule has 5 atom stereocenters. The summed E-state index contributed by atoms with van der Waals surface area (Å²) in [6, 6.07) is 20.3. The Balaban J connectivity index is 0.594. The van der Waals surface area contributed by atoms with Crippen LogP contribution in [0.5, 0.6) is 23.0 Å². The highest BCUT2D eigenvalue weighted by molar-refractivity contribution is 8.02. The molecule has 1 saturated carbocycles. The summed E-state index contributed by atoms with van der Waals surface area (Å²) in [5.74, 6) is 0.198. The number of hydrogen-bond acceptors (Lipinski definition) is 16. The van der Waals surface area contributed by atoms with E-state index in [-0.39, 0.29) is 83.6 Å². The van der Waals surface area contributed by atoms with Gasteiger partial charge in [-0.3, -0.25) is 48.4 Å². The van der Waals surface area contributed by atoms with Crippen LogP contribution in [0, 0.1) is 11.8 Å². The molecule has 7 amide bonds. The maximum absolute atomic E-state index is 14.3. The lowest BCUT2D eigenvalue weighted by molar-refractivity contribution is -0.138. The molecule has 0 spiro atoms. The number of aliphatic imine (C=N–C) groups is 2. The van der Waals surface area contributed by atoms with Crippen LogP contribution in [0.25, 0.3) is 11.1 Å². The third-order valence-corrected chi connectivity index (χ3v) is 22.5. The largest absolute Gasteiger partial charge is 0.493 e. The molecular weight excluding hydrogens is 1320 g/mol. The van der Waals surface area contributed by atoms with E-state index in [0.29, 0.717) is 102 Å². The number of rotatable bonds is 27. The van der Waals surface area contributed by atoms with E-state index >= 15 is 0 Å². The number of imide groups is 1. The van der Waals surface area contributed by atoms with E-state index < -0.39 is 23.9 Å². The van der Waals surface area contributed by atoms with Gasteiger partial charge in [-0.25, -0.2) is 0 Å². The quantitative estimate of drug-likeness (QED) is 0.0372. The molecule has 6 heterocycles. The number of methoxy groups -OCH3 is 2. The molecule has 6 aliphatic heterocycles. The number of fused-ring (bicyclic) bond motifs is 4. The van der Waals surface area contributed by atoms with Gasteiger partial charge in [-0.15, -0.1) is 11.8 Å². The lowest BCUT2D eigenvalue weighted by atomic mass is 9.87. The first-order valence-corrected chi connectivity index (χ1v) is 38.5. The summed E-state index contributed by atoms with van der Waals surface area (Å²) in [5.41, 5.74) is 7.36. The van der Waals surface area contributed by atoms with Crippen molar-refractivity contribution >= 4 is 99.4 Å². The molecule has 1 aliphatic carbocycles. The third kappa shape index (κ3) is 19.5. The Morgan fingerprint density at radius 2 is 1.14 bits per heavy atom. The molecule has 2 saturated heterocycles. The fraction of sp³-hybridized carbons (Fsp3) is 0.543. The highest BCUT2D eigenvalue weighted by Gasteiger charge is 2.43. The van der Waals surface area contributed by atoms with Gasteiger partial charge in [-0.2, -0.15) is 0 Å². The average molecular weight is 1430 g/mol. The van der Waals surface area contributed by atoms with Gasteiger partial charge in [-0.05, 0) is 104 Å². The number of unbranched alkanes of at least 4 members (excludes halogenated alkanes) is 2. The SMILES string of the molecule is COc1cc2c(cc1OCCCOc1cc3c(cc1OC)C(=O)N1C=C(c4ccc(NC(=O)[C@H](C)NC(=O)[C@@H](NC(=O)CCCCCN5C(=O)CC(SC(C)(C)CC6CCCCCCCCCCCC6)C5=O)C(C)C)cc4)C[C@H]1C=N3)N=CC1CC(c3ccc(N4CCN(C)CC4)cc3)=CN1C2=O. The highest BCUT2D eigenvalue weighted by Crippen LogP contribution is 2.44. The first kappa shape index (κ1) is 75.7. The minimum Gasteiger partial charge on any atom is -0.493 e. The lowest BCUT2D eigenvalue weighted by Crippen LogP contribution is -2.53. The molecule has 0 bridgehead atoms. The van der Waals surface area contributed by atoms with E-state index in [1.807, 2.05) is 44.6 Å². The number of benzene rings is 4. The van der Waals surface area contributed by atoms with Crippen LogP contribution in [-0.4, -0.2) is 175 Å². The molecule has 0 radical (unpaired) electrons. The number of nitrogens with zero attached hydrogens (tertiary/aromatic N) is 7. The zero-order valence-electron chi connectivity index (χ0n) is 61.6. The summed E-state index contributed by atoms with van der Waals surface area (Å²) in [7, 11) is 5.22. The lowest BCUT2D eigenvalue weighted by Gasteiger charge is -2.34. The number of thioether (sulfide) groups is 1. The molecule has 11 rings (SSSR count). The predicted octanol–water partition coefficient (Wildman–Crippen LogP) is 13.7. The van der Waals surface area contributed by atoms with Crippen LogP contribution in [0.3, 0.4) is 0 Å². The van der Waals surface area contributed by atoms with E-state index in [2.05, 4.69) is 70.9 Å². The average Bonchev–Trinajstić information content (AvgIpc) is 1.64. The number of hydrogen-bond donors (Lipinski definition) is 3. The highest BCUT2D eigenvalue weighted by atomic mass is 32.2. The van der Waals surface area contributed by atoms with Crippen molar-refractivity contribution < 1.29 is 52.5 Å². The van der Waals surface area contributed by atoms with Gasteiger partial charge in [0, 0.05) is 118 Å². The van der Waals surface area contributed by atoms with Gasteiger partial charge >= 0.3 is 0 Å². The Kier molecular flexibility index (Phi) is 25.9. The van der Waals surface area contributed by atoms with Gasteiger partial charge in [0.05, 0.1) is 67.3 Å². The molecule has 2 unspecified atom stereocenters. The normalized spacial score (nSPS) is 20.5. The third-order valence-electron chi connectivity index (χ3n) is 21.1. The molecule has 3 fully saturated rings. The van der Waals surface area contributed by atoms with Crippen LogP contribution in [0.2, 0.25) is 0 Å². The van der Waals surface area contributed by atoms with Crippen molar-refractivity contribution in [2.24, 2.45) is 21.8 Å². The Bertz CT molecular complexity index is 3810. The summed E-state index contributed by atoms with van der Waals surface area (Å²) in [6.45, 7) is 14.7. The van der Waals surface area contributed by atoms with Gasteiger partial charge in [0.2, 0.25) is 29.5 Å². The number of ether oxygens (including phenoxy) is 4. The van der Waals surface area contributed by atoms with Gasteiger partial charge in [0.25, 0.3) is 11.8 Å². The number of carbonyl (C=O) groups excluding carboxylic acids is 7. The van der Waals surface area contributed by atoms with E-state index in [9.17, 15) is 33.6 Å². The zero-order chi connectivity index (χ0) is 72.7. The van der Waals surface area contributed by atoms with Crippen LogP contribution in [0.15, 0.2) is 95.2 Å². The Hall–Kier alpha value is -8.50. The van der Waals surface area contributed by atoms with Gasteiger partial charge in [0.15, 0.2) is 23.0 Å². The van der Waals surface area contributed by atoms with Crippen molar-refractivity contribution in [3.63, 3.8) is 0 Å². The number of likely N-dealkylation sites (tertiary alicyclic amines) is 1. The Morgan fingerprint density at radius 3 is 1.66 bits per heavy atom. The van der Waals surface area contributed by atoms with Crippen LogP contribution in [0.4, 0.5) is 22.7 Å². The minimum atomic E-state index is -0.931. The molecule has 3 N–H and O–H groups in total. The molecule has 103 heavy (non-hydrogen) atoms. The smallest absolute Gasteiger partial charge is 0.260 e. The summed E-state index contributed by atoms with van der Waals surface area (Å²) >= 11 is 1.68. The van der Waals surface area contributed by atoms with Gasteiger partial charge in [-0.1, -0.05) is 135 Å². The van der Waals surface area contributed by atoms with E-state index in [1.165, 1.54) is 94.7 Å². The van der Waals surface area contributed by atoms with Crippen LogP contribution < -0.4 is 39.8 Å². The van der Waals surface area contributed by atoms with Crippen molar-refractivity contribution in [2.75, 3.05) is 77.4 Å². The number of anilines is 2. The predicted molar refractivity (Wildman–Crippen MR) is 407 cm³/mol. The zero-order valence-corrected chi connectivity index (χ0v) is 62.4. The molecule has 7 aliphatic rings. The second-order valence-corrected chi connectivity index (χ2v) is 31.7. The van der Waals surface area contributed by atoms with Crippen molar-refractivity contribution in [1.82, 2.24) is 30.2 Å². The van der Waals surface area contributed by atoms with E-state index in [0.717, 1.165) is 54.9 Å². The van der Waals surface area contributed by atoms with Crippen molar-refractivity contribution in [2.45, 2.75) is 204 Å². The fourth-order valence-corrected chi connectivity index (χ4v) is 16.7. The van der Waals surface area contributed by atoms with Crippen molar-refractivity contribution in [1.29, 1.82) is 0 Å². The van der Waals surface area contributed by atoms with E-state index in [1.54, 1.807) is 78.2 Å². The van der Waals surface area contributed by atoms with Crippen LogP contribution in [0.1, 0.15) is 201 Å². The van der Waals surface area contributed by atoms with Gasteiger partial charge < -0.3 is 54.5 Å². The molecule has 22 heteroatoms. The standard InChI is InChI=1S/C81H106N10O11S/c1-53(2)75(86-73(92)25-20-17-21-34-89-74(93)47-72(80(89)98)103-81(4,5)48-55-23-18-15-13-11-9-10-12-14-16-19-24-55)77(95)84-54(3)76(94)85-60-30-26-56(27-31-60)58-41-62-49-82-66-45-70(68(99-7)43-64(66)78(96)90(62)51-58)101-39-22-40-102-71-46-67-65(44-69(71)100-8)79(97)91-52-59(42-63(91)50-83-67)57-28-32-61(33-29-57)88-37-35-87(6)36-38-88/h26-33,43-46,49-55,62-63,72,75H,9-25,34-42,47-48H2,1-8H3,(H,84,95)(H,85,94)(H,86,92)/t54-,62-,63?,72?,75-/m0/s1. The van der Waals surface area contributed by atoms with Gasteiger partial charge in [0.1, 0.15) is 12.1 Å². The molecule has 552 valence electrons.